The Morgan fingerprint density at radius 2 is 1.92 bits per heavy atom. The lowest BCUT2D eigenvalue weighted by Gasteiger charge is -2.19. The topological polar surface area (TPSA) is 62.5 Å². The average molecular weight is 328 g/mol. The Balaban J connectivity index is 2.05. The molecule has 0 aliphatic rings. The van der Waals surface area contributed by atoms with Gasteiger partial charge in [-0.25, -0.2) is 0 Å². The standard InChI is InChI=1S/C19H28N4O/c1-6-20-19(22-14(3)17-10-8-7-9-11-17)21-12-13(2)18-15(4)23-24-16(18)5/h7-11,13-14H,6,12H2,1-5H3,(H2,20,21,22). The van der Waals surface area contributed by atoms with E-state index in [-0.39, 0.29) is 12.0 Å². The maximum Gasteiger partial charge on any atom is 0.191 e. The van der Waals surface area contributed by atoms with Gasteiger partial charge in [-0.3, -0.25) is 4.99 Å². The third kappa shape index (κ3) is 4.60. The van der Waals surface area contributed by atoms with Gasteiger partial charge in [-0.1, -0.05) is 42.4 Å². The van der Waals surface area contributed by atoms with Crippen LogP contribution in [0.2, 0.25) is 0 Å². The second-order valence-electron chi connectivity index (χ2n) is 6.14. The molecule has 0 fully saturated rings. The van der Waals surface area contributed by atoms with Gasteiger partial charge in [0.15, 0.2) is 5.96 Å². The minimum absolute atomic E-state index is 0.193. The zero-order chi connectivity index (χ0) is 17.5. The molecule has 1 heterocycles. The fourth-order valence-corrected chi connectivity index (χ4v) is 2.86. The van der Waals surface area contributed by atoms with E-state index < -0.39 is 0 Å². The monoisotopic (exact) mass is 328 g/mol. The van der Waals surface area contributed by atoms with Crippen LogP contribution >= 0.6 is 0 Å². The minimum atomic E-state index is 0.193. The van der Waals surface area contributed by atoms with Gasteiger partial charge in [0.1, 0.15) is 5.76 Å². The van der Waals surface area contributed by atoms with Crippen LogP contribution in [-0.2, 0) is 0 Å². The largest absolute Gasteiger partial charge is 0.361 e. The van der Waals surface area contributed by atoms with Crippen molar-refractivity contribution in [3.8, 4) is 0 Å². The summed E-state index contributed by atoms with van der Waals surface area (Å²) in [6.07, 6.45) is 0. The van der Waals surface area contributed by atoms with Gasteiger partial charge < -0.3 is 15.2 Å². The molecule has 2 unspecified atom stereocenters. The number of guanidine groups is 1. The van der Waals surface area contributed by atoms with Gasteiger partial charge >= 0.3 is 0 Å². The van der Waals surface area contributed by atoms with Gasteiger partial charge in [0.05, 0.1) is 11.7 Å². The Morgan fingerprint density at radius 3 is 2.50 bits per heavy atom. The van der Waals surface area contributed by atoms with Crippen LogP contribution in [0.15, 0.2) is 39.8 Å². The van der Waals surface area contributed by atoms with Crippen molar-refractivity contribution >= 4 is 5.96 Å². The molecule has 5 heteroatoms. The van der Waals surface area contributed by atoms with Crippen LogP contribution in [0.3, 0.4) is 0 Å². The lowest BCUT2D eigenvalue weighted by Crippen LogP contribution is -2.39. The van der Waals surface area contributed by atoms with E-state index in [4.69, 9.17) is 9.52 Å². The molecule has 130 valence electrons. The smallest absolute Gasteiger partial charge is 0.191 e. The molecule has 0 saturated carbocycles. The average Bonchev–Trinajstić information content (AvgIpc) is 2.92. The van der Waals surface area contributed by atoms with E-state index in [0.717, 1.165) is 29.5 Å². The van der Waals surface area contributed by atoms with Crippen molar-refractivity contribution in [2.45, 2.75) is 46.6 Å². The third-order valence-corrected chi connectivity index (χ3v) is 4.10. The zero-order valence-electron chi connectivity index (χ0n) is 15.3. The molecular weight excluding hydrogens is 300 g/mol. The van der Waals surface area contributed by atoms with Gasteiger partial charge in [0, 0.05) is 24.6 Å². The molecule has 0 spiro atoms. The summed E-state index contributed by atoms with van der Waals surface area (Å²) in [6, 6.07) is 10.6. The highest BCUT2D eigenvalue weighted by Crippen LogP contribution is 2.23. The summed E-state index contributed by atoms with van der Waals surface area (Å²) in [5.41, 5.74) is 3.35. The molecule has 0 saturated heterocycles. The van der Waals surface area contributed by atoms with Crippen LogP contribution in [0.1, 0.15) is 55.3 Å². The maximum absolute atomic E-state index is 5.26. The molecule has 0 amide bonds. The summed E-state index contributed by atoms with van der Waals surface area (Å²) < 4.78 is 5.26. The van der Waals surface area contributed by atoms with Gasteiger partial charge in [-0.15, -0.1) is 0 Å². The second-order valence-corrected chi connectivity index (χ2v) is 6.14. The Kier molecular flexibility index (Phi) is 6.41. The molecule has 2 N–H and O–H groups in total. The summed E-state index contributed by atoms with van der Waals surface area (Å²) in [4.78, 5) is 4.74. The number of aromatic nitrogens is 1. The molecule has 1 aromatic heterocycles. The first-order valence-corrected chi connectivity index (χ1v) is 8.55. The Bertz CT molecular complexity index is 644. The van der Waals surface area contributed by atoms with E-state index in [1.54, 1.807) is 0 Å². The Labute approximate surface area is 144 Å². The first kappa shape index (κ1) is 18.0. The van der Waals surface area contributed by atoms with Crippen molar-refractivity contribution in [2.75, 3.05) is 13.1 Å². The van der Waals surface area contributed by atoms with Gasteiger partial charge in [-0.05, 0) is 33.3 Å². The SMILES string of the molecule is CCNC(=NCC(C)c1c(C)noc1C)NC(C)c1ccccc1. The molecule has 24 heavy (non-hydrogen) atoms. The van der Waals surface area contributed by atoms with Gasteiger partial charge in [0.25, 0.3) is 0 Å². The number of benzene rings is 1. The van der Waals surface area contributed by atoms with E-state index in [1.807, 2.05) is 19.9 Å². The van der Waals surface area contributed by atoms with Crippen LogP contribution in [0.4, 0.5) is 0 Å². The van der Waals surface area contributed by atoms with E-state index in [0.29, 0.717) is 6.54 Å². The summed E-state index contributed by atoms with van der Waals surface area (Å²) in [6.45, 7) is 11.8. The number of hydrogen-bond donors (Lipinski definition) is 2. The molecule has 2 rings (SSSR count). The number of nitrogens with zero attached hydrogens (tertiary/aromatic N) is 2. The summed E-state index contributed by atoms with van der Waals surface area (Å²) >= 11 is 0. The first-order valence-electron chi connectivity index (χ1n) is 8.55. The molecule has 0 aliphatic carbocycles. The molecule has 2 aromatic rings. The Hall–Kier alpha value is -2.30. The molecular formula is C19H28N4O. The van der Waals surface area contributed by atoms with Crippen LogP contribution < -0.4 is 10.6 Å². The van der Waals surface area contributed by atoms with Crippen molar-refractivity contribution in [3.63, 3.8) is 0 Å². The number of aryl methyl sites for hydroxylation is 2. The third-order valence-electron chi connectivity index (χ3n) is 4.10. The number of rotatable bonds is 6. The number of aliphatic imine (C=N–C) groups is 1. The van der Waals surface area contributed by atoms with Crippen LogP contribution in [0.25, 0.3) is 0 Å². The minimum Gasteiger partial charge on any atom is -0.361 e. The van der Waals surface area contributed by atoms with Crippen molar-refractivity contribution in [3.05, 3.63) is 52.9 Å². The lowest BCUT2D eigenvalue weighted by molar-refractivity contribution is 0.391. The van der Waals surface area contributed by atoms with Crippen molar-refractivity contribution in [1.29, 1.82) is 0 Å². The predicted octanol–water partition coefficient (Wildman–Crippen LogP) is 3.71. The van der Waals surface area contributed by atoms with E-state index in [9.17, 15) is 0 Å². The molecule has 0 aliphatic heterocycles. The first-order chi connectivity index (χ1) is 11.5. The number of nitrogens with one attached hydrogen (secondary N) is 2. The molecule has 0 bridgehead atoms. The highest BCUT2D eigenvalue weighted by molar-refractivity contribution is 5.80. The van der Waals surface area contributed by atoms with Gasteiger partial charge in [0.2, 0.25) is 0 Å². The summed E-state index contributed by atoms with van der Waals surface area (Å²) in [7, 11) is 0. The zero-order valence-corrected chi connectivity index (χ0v) is 15.3. The summed E-state index contributed by atoms with van der Waals surface area (Å²) in [5, 5.41) is 10.8. The molecule has 1 aromatic carbocycles. The second kappa shape index (κ2) is 8.52. The molecule has 2 atom stereocenters. The van der Waals surface area contributed by atoms with E-state index >= 15 is 0 Å². The van der Waals surface area contributed by atoms with Gasteiger partial charge in [-0.2, -0.15) is 0 Å². The van der Waals surface area contributed by atoms with E-state index in [1.165, 1.54) is 5.56 Å². The van der Waals surface area contributed by atoms with Crippen LogP contribution in [-0.4, -0.2) is 24.2 Å². The predicted molar refractivity (Wildman–Crippen MR) is 98.4 cm³/mol. The summed E-state index contributed by atoms with van der Waals surface area (Å²) in [5.74, 6) is 1.97. The quantitative estimate of drug-likeness (QED) is 0.627. The van der Waals surface area contributed by atoms with Crippen LogP contribution in [0.5, 0.6) is 0 Å². The number of hydrogen-bond acceptors (Lipinski definition) is 3. The van der Waals surface area contributed by atoms with Crippen LogP contribution in [0, 0.1) is 13.8 Å². The normalized spacial score (nSPS) is 14.3. The fraction of sp³-hybridized carbons (Fsp3) is 0.474. The highest BCUT2D eigenvalue weighted by atomic mass is 16.5. The molecule has 5 nitrogen and oxygen atoms in total. The highest BCUT2D eigenvalue weighted by Gasteiger charge is 2.16. The Morgan fingerprint density at radius 1 is 1.21 bits per heavy atom. The van der Waals surface area contributed by atoms with Crippen molar-refractivity contribution < 1.29 is 4.52 Å². The van der Waals surface area contributed by atoms with Crippen molar-refractivity contribution in [1.82, 2.24) is 15.8 Å². The maximum atomic E-state index is 5.26. The van der Waals surface area contributed by atoms with E-state index in [2.05, 4.69) is 60.8 Å². The molecule has 0 radical (unpaired) electrons. The fourth-order valence-electron chi connectivity index (χ4n) is 2.86. The lowest BCUT2D eigenvalue weighted by atomic mass is 10.00. The van der Waals surface area contributed by atoms with Crippen molar-refractivity contribution in [2.24, 2.45) is 4.99 Å².